The van der Waals surface area contributed by atoms with E-state index in [1.165, 1.54) is 36.6 Å². The van der Waals surface area contributed by atoms with E-state index in [0.717, 1.165) is 6.42 Å². The van der Waals surface area contributed by atoms with Crippen LogP contribution >= 0.6 is 22.6 Å². The van der Waals surface area contributed by atoms with Crippen LogP contribution in [0.3, 0.4) is 0 Å². The van der Waals surface area contributed by atoms with E-state index in [4.69, 9.17) is 0 Å². The van der Waals surface area contributed by atoms with Gasteiger partial charge in [0.05, 0.1) is 0 Å². The van der Waals surface area contributed by atoms with Gasteiger partial charge in [0.25, 0.3) is 0 Å². The Bertz CT molecular complexity index is 1050. The Morgan fingerprint density at radius 3 is 2.59 bits per heavy atom. The van der Waals surface area contributed by atoms with Crippen LogP contribution in [0.4, 0.5) is 0 Å². The van der Waals surface area contributed by atoms with Gasteiger partial charge in [0.1, 0.15) is 0 Å². The third-order valence-electron chi connectivity index (χ3n) is 5.73. The van der Waals surface area contributed by atoms with Gasteiger partial charge in [-0.05, 0) is 85.5 Å². The van der Waals surface area contributed by atoms with Gasteiger partial charge in [-0.15, -0.1) is 0 Å². The van der Waals surface area contributed by atoms with Gasteiger partial charge in [-0.2, -0.15) is 0 Å². The van der Waals surface area contributed by atoms with Gasteiger partial charge in [0.2, 0.25) is 0 Å². The molecule has 3 aromatic carbocycles. The summed E-state index contributed by atoms with van der Waals surface area (Å²) in [6.07, 6.45) is 8.14. The molecule has 0 aliphatic heterocycles. The van der Waals surface area contributed by atoms with Crippen molar-refractivity contribution in [2.24, 2.45) is 0 Å². The largest absolute Gasteiger partial charge is 0.0767 e. The molecule has 1 unspecified atom stereocenters. The molecule has 1 atom stereocenters. The lowest BCUT2D eigenvalue weighted by Gasteiger charge is -2.28. The lowest BCUT2D eigenvalue weighted by molar-refractivity contribution is 0.527. The highest BCUT2D eigenvalue weighted by molar-refractivity contribution is 14.1. The van der Waals surface area contributed by atoms with E-state index in [0.29, 0.717) is 5.92 Å². The van der Waals surface area contributed by atoms with Crippen molar-refractivity contribution < 1.29 is 0 Å². The van der Waals surface area contributed by atoms with E-state index >= 15 is 0 Å². The van der Waals surface area contributed by atoms with Crippen molar-refractivity contribution in [3.63, 3.8) is 0 Å². The third kappa shape index (κ3) is 3.62. The van der Waals surface area contributed by atoms with Gasteiger partial charge in [-0.25, -0.2) is 0 Å². The summed E-state index contributed by atoms with van der Waals surface area (Å²) >= 11 is 2.43. The Hall–Kier alpha value is -1.87. The second-order valence-electron chi connectivity index (χ2n) is 8.15. The van der Waals surface area contributed by atoms with Crippen LogP contribution in [-0.2, 0) is 5.41 Å². The number of rotatable bonds is 1. The van der Waals surface area contributed by atoms with Gasteiger partial charge >= 0.3 is 0 Å². The summed E-state index contributed by atoms with van der Waals surface area (Å²) in [5.74, 6) is 0.396. The summed E-state index contributed by atoms with van der Waals surface area (Å²) in [7, 11) is 0. The van der Waals surface area contributed by atoms with E-state index in [1.807, 2.05) is 0 Å². The molecule has 0 amide bonds. The summed E-state index contributed by atoms with van der Waals surface area (Å²) in [6, 6.07) is 22.2. The van der Waals surface area contributed by atoms with Crippen molar-refractivity contribution in [1.82, 2.24) is 0 Å². The number of halogens is 1. The Balaban J connectivity index is 1.87. The normalized spacial score (nSPS) is 22.1. The highest BCUT2D eigenvalue weighted by Crippen LogP contribution is 2.38. The lowest BCUT2D eigenvalue weighted by Crippen LogP contribution is -2.19. The van der Waals surface area contributed by atoms with Crippen LogP contribution in [0.15, 0.2) is 78.9 Å². The minimum absolute atomic E-state index is 0.104. The highest BCUT2D eigenvalue weighted by atomic mass is 127. The molecule has 0 aromatic heterocycles. The minimum atomic E-state index is 0.104. The zero-order valence-corrected chi connectivity index (χ0v) is 18.3. The molecule has 0 heterocycles. The second-order valence-corrected chi connectivity index (χ2v) is 9.40. The molecule has 0 radical (unpaired) electrons. The molecule has 0 bridgehead atoms. The summed E-state index contributed by atoms with van der Waals surface area (Å²) < 4.78 is 1.31. The first-order valence-electron chi connectivity index (χ1n) is 9.62. The molecular weight excluding hydrogens is 439 g/mol. The highest BCUT2D eigenvalue weighted by Gasteiger charge is 2.25. The average molecular weight is 464 g/mol. The van der Waals surface area contributed by atoms with Crippen LogP contribution in [0.2, 0.25) is 0 Å². The maximum atomic E-state index is 2.43. The second kappa shape index (κ2) is 7.27. The van der Waals surface area contributed by atoms with Crippen molar-refractivity contribution >= 4 is 38.9 Å². The Morgan fingerprint density at radius 1 is 0.963 bits per heavy atom. The van der Waals surface area contributed by atoms with Gasteiger partial charge in [0, 0.05) is 3.57 Å². The first-order valence-corrected chi connectivity index (χ1v) is 10.7. The lowest BCUT2D eigenvalue weighted by atomic mass is 9.77. The van der Waals surface area contributed by atoms with E-state index < -0.39 is 0 Å². The van der Waals surface area contributed by atoms with Crippen molar-refractivity contribution in [2.75, 3.05) is 0 Å². The van der Waals surface area contributed by atoms with Gasteiger partial charge in [-0.1, -0.05) is 87.5 Å². The maximum absolute atomic E-state index is 2.43. The maximum Gasteiger partial charge on any atom is 0.0133 e. The third-order valence-corrected chi connectivity index (χ3v) is 6.40. The van der Waals surface area contributed by atoms with Crippen LogP contribution in [0, 0.1) is 3.57 Å². The fourth-order valence-electron chi connectivity index (χ4n) is 4.08. The topological polar surface area (TPSA) is 0 Å². The van der Waals surface area contributed by atoms with Crippen molar-refractivity contribution in [3.8, 4) is 0 Å². The molecule has 0 fully saturated rings. The number of hydrogen-bond acceptors (Lipinski definition) is 0. The van der Waals surface area contributed by atoms with E-state index in [1.54, 1.807) is 0 Å². The predicted octanol–water partition coefficient (Wildman–Crippen LogP) is 7.87. The number of fused-ring (bicyclic) bond motifs is 2. The molecule has 1 aliphatic carbocycles. The van der Waals surface area contributed by atoms with Crippen molar-refractivity contribution in [1.29, 1.82) is 0 Å². The predicted molar refractivity (Wildman–Crippen MR) is 126 cm³/mol. The van der Waals surface area contributed by atoms with E-state index in [-0.39, 0.29) is 5.41 Å². The fourth-order valence-corrected chi connectivity index (χ4v) is 4.57. The first-order chi connectivity index (χ1) is 13.0. The molecule has 3 aromatic rings. The standard InChI is InChI=1S/C26H25I/c1-18-11-12-20(24-10-6-8-19-7-4-5-9-23(19)24)15-16-26(2,3)25-17-21(27)13-14-22(18)25/h4-15,17-18H,16H2,1-3H3/b12-11-,20-15+. The molecule has 4 rings (SSSR count). The number of benzene rings is 3. The molecule has 136 valence electrons. The zero-order valence-electron chi connectivity index (χ0n) is 16.2. The molecule has 0 spiro atoms. The number of hydrogen-bond donors (Lipinski definition) is 0. The number of allylic oxidation sites excluding steroid dienone is 4. The first kappa shape index (κ1) is 18.5. The molecule has 1 aliphatic rings. The molecule has 27 heavy (non-hydrogen) atoms. The molecule has 0 saturated heterocycles. The van der Waals surface area contributed by atoms with Crippen molar-refractivity contribution in [2.45, 2.75) is 38.5 Å². The summed E-state index contributed by atoms with van der Waals surface area (Å²) in [5, 5.41) is 2.63. The Labute approximate surface area is 176 Å². The quantitative estimate of drug-likeness (QED) is 0.322. The smallest absolute Gasteiger partial charge is 0.0133 e. The van der Waals surface area contributed by atoms with Gasteiger partial charge in [0.15, 0.2) is 0 Å². The molecule has 0 N–H and O–H groups in total. The summed E-state index contributed by atoms with van der Waals surface area (Å²) in [5.41, 5.74) is 5.68. The van der Waals surface area contributed by atoms with Gasteiger partial charge in [-0.3, -0.25) is 0 Å². The van der Waals surface area contributed by atoms with Crippen LogP contribution in [0.25, 0.3) is 16.3 Å². The molecule has 0 nitrogen and oxygen atoms in total. The summed E-state index contributed by atoms with van der Waals surface area (Å²) in [4.78, 5) is 0. The Morgan fingerprint density at radius 2 is 1.74 bits per heavy atom. The average Bonchev–Trinajstić information content (AvgIpc) is 2.71. The van der Waals surface area contributed by atoms with E-state index in [2.05, 4.69) is 122 Å². The fraction of sp³-hybridized carbons (Fsp3) is 0.231. The van der Waals surface area contributed by atoms with Crippen LogP contribution < -0.4 is 0 Å². The molecule has 1 heteroatoms. The van der Waals surface area contributed by atoms with Gasteiger partial charge < -0.3 is 0 Å². The van der Waals surface area contributed by atoms with Crippen LogP contribution in [0.5, 0.6) is 0 Å². The van der Waals surface area contributed by atoms with Crippen LogP contribution in [0.1, 0.15) is 49.8 Å². The SMILES string of the molecule is CC1/C=C\C(c2cccc3ccccc23)=C/CC(C)(C)c2cc(I)ccc21. The molecule has 0 saturated carbocycles. The molecular formula is C26H25I. The summed E-state index contributed by atoms with van der Waals surface area (Å²) in [6.45, 7) is 7.05. The monoisotopic (exact) mass is 464 g/mol. The zero-order chi connectivity index (χ0) is 19.0. The Kier molecular flexibility index (Phi) is 4.98. The van der Waals surface area contributed by atoms with E-state index in [9.17, 15) is 0 Å². The minimum Gasteiger partial charge on any atom is -0.0767 e. The van der Waals surface area contributed by atoms with Crippen LogP contribution in [-0.4, -0.2) is 0 Å². The van der Waals surface area contributed by atoms with Crippen molar-refractivity contribution in [3.05, 3.63) is 99.2 Å².